The number of anilines is 1. The van der Waals surface area contributed by atoms with Crippen LogP contribution in [0.5, 0.6) is 5.75 Å². The normalized spacial score (nSPS) is 9.79. The van der Waals surface area contributed by atoms with Gasteiger partial charge in [-0.3, -0.25) is 4.79 Å². The average Bonchev–Trinajstić information content (AvgIpc) is 2.19. The number of benzene rings is 1. The molecule has 14 heavy (non-hydrogen) atoms. The van der Waals surface area contributed by atoms with E-state index in [0.29, 0.717) is 24.2 Å². The van der Waals surface area contributed by atoms with Gasteiger partial charge < -0.3 is 16.2 Å². The van der Waals surface area contributed by atoms with Crippen LogP contribution in [0.2, 0.25) is 0 Å². The van der Waals surface area contributed by atoms with Gasteiger partial charge in [-0.2, -0.15) is 0 Å². The van der Waals surface area contributed by atoms with Crippen LogP contribution in [-0.4, -0.2) is 11.0 Å². The van der Waals surface area contributed by atoms with E-state index >= 15 is 0 Å². The summed E-state index contributed by atoms with van der Waals surface area (Å²) in [6.45, 7) is 2.08. The number of nitrogens with one attached hydrogen (secondary N) is 1. The molecule has 0 heterocycles. The number of hydrogen-bond acceptors (Lipinski definition) is 3. The summed E-state index contributed by atoms with van der Waals surface area (Å²) in [6.07, 6.45) is 0.434. The number of phenolic OH excluding ortho intramolecular Hbond substituents is 1. The van der Waals surface area contributed by atoms with Crippen molar-refractivity contribution in [3.8, 4) is 5.75 Å². The fourth-order valence-corrected chi connectivity index (χ4v) is 1.07. The van der Waals surface area contributed by atoms with E-state index in [-0.39, 0.29) is 11.7 Å². The standard InChI is InChI=1S/C10H14N2O2/c1-2-10(14)12-6-7-5-8(11)3-4-9(7)13/h3-5,13H,2,6,11H2,1H3,(H,12,14). The fourth-order valence-electron chi connectivity index (χ4n) is 1.07. The first kappa shape index (κ1) is 10.4. The zero-order chi connectivity index (χ0) is 10.6. The quantitative estimate of drug-likeness (QED) is 0.496. The summed E-state index contributed by atoms with van der Waals surface area (Å²) in [5.41, 5.74) is 6.75. The molecular weight excluding hydrogens is 180 g/mol. The summed E-state index contributed by atoms with van der Waals surface area (Å²) in [7, 11) is 0. The van der Waals surface area contributed by atoms with Crippen LogP contribution in [0.3, 0.4) is 0 Å². The molecule has 0 radical (unpaired) electrons. The Labute approximate surface area is 82.7 Å². The largest absolute Gasteiger partial charge is 0.508 e. The molecule has 1 amide bonds. The first-order valence-corrected chi connectivity index (χ1v) is 4.47. The number of amides is 1. The van der Waals surface area contributed by atoms with E-state index in [1.165, 1.54) is 6.07 Å². The lowest BCUT2D eigenvalue weighted by atomic mass is 10.2. The van der Waals surface area contributed by atoms with Crippen molar-refractivity contribution in [3.63, 3.8) is 0 Å². The SMILES string of the molecule is CCC(=O)NCc1cc(N)ccc1O. The van der Waals surface area contributed by atoms with Crippen molar-refractivity contribution >= 4 is 11.6 Å². The van der Waals surface area contributed by atoms with E-state index in [4.69, 9.17) is 5.73 Å². The number of nitrogens with two attached hydrogens (primary N) is 1. The number of aromatic hydroxyl groups is 1. The van der Waals surface area contributed by atoms with Crippen LogP contribution in [0.4, 0.5) is 5.69 Å². The van der Waals surface area contributed by atoms with Gasteiger partial charge in [0.05, 0.1) is 0 Å². The lowest BCUT2D eigenvalue weighted by molar-refractivity contribution is -0.120. The summed E-state index contributed by atoms with van der Waals surface area (Å²) in [5, 5.41) is 12.1. The number of rotatable bonds is 3. The molecule has 0 aromatic heterocycles. The number of phenols is 1. The summed E-state index contributed by atoms with van der Waals surface area (Å²) < 4.78 is 0. The predicted octanol–water partition coefficient (Wildman–Crippen LogP) is 1.00. The van der Waals surface area contributed by atoms with Gasteiger partial charge in [0.15, 0.2) is 0 Å². The Balaban J connectivity index is 2.66. The van der Waals surface area contributed by atoms with Gasteiger partial charge in [-0.15, -0.1) is 0 Å². The zero-order valence-corrected chi connectivity index (χ0v) is 8.08. The van der Waals surface area contributed by atoms with Gasteiger partial charge in [0.1, 0.15) is 5.75 Å². The van der Waals surface area contributed by atoms with Crippen molar-refractivity contribution in [1.29, 1.82) is 0 Å². The molecule has 0 aliphatic carbocycles. The second-order valence-corrected chi connectivity index (χ2v) is 3.02. The molecule has 4 N–H and O–H groups in total. The molecule has 0 atom stereocenters. The number of carbonyl (C=O) groups is 1. The third kappa shape index (κ3) is 2.65. The smallest absolute Gasteiger partial charge is 0.219 e. The molecule has 0 unspecified atom stereocenters. The minimum Gasteiger partial charge on any atom is -0.508 e. The first-order valence-electron chi connectivity index (χ1n) is 4.47. The van der Waals surface area contributed by atoms with Crippen LogP contribution < -0.4 is 11.1 Å². The highest BCUT2D eigenvalue weighted by Crippen LogP contribution is 2.19. The Bertz CT molecular complexity index is 337. The van der Waals surface area contributed by atoms with Gasteiger partial charge in [-0.05, 0) is 18.2 Å². The highest BCUT2D eigenvalue weighted by Gasteiger charge is 2.02. The van der Waals surface area contributed by atoms with Crippen LogP contribution in [-0.2, 0) is 11.3 Å². The Hall–Kier alpha value is -1.71. The van der Waals surface area contributed by atoms with E-state index in [2.05, 4.69) is 5.32 Å². The lowest BCUT2D eigenvalue weighted by Crippen LogP contribution is -2.21. The molecule has 76 valence electrons. The molecule has 1 aromatic carbocycles. The predicted molar refractivity (Wildman–Crippen MR) is 54.7 cm³/mol. The van der Waals surface area contributed by atoms with E-state index in [1.807, 2.05) is 0 Å². The number of nitrogen functional groups attached to an aromatic ring is 1. The molecule has 0 bridgehead atoms. The first-order chi connectivity index (χ1) is 6.63. The molecule has 0 fully saturated rings. The summed E-state index contributed by atoms with van der Waals surface area (Å²) >= 11 is 0. The van der Waals surface area contributed by atoms with Gasteiger partial charge in [-0.1, -0.05) is 6.92 Å². The average molecular weight is 194 g/mol. The number of carbonyl (C=O) groups excluding carboxylic acids is 1. The van der Waals surface area contributed by atoms with Crippen molar-refractivity contribution < 1.29 is 9.90 Å². The lowest BCUT2D eigenvalue weighted by Gasteiger charge is -2.06. The van der Waals surface area contributed by atoms with Crippen LogP contribution >= 0.6 is 0 Å². The molecule has 1 rings (SSSR count). The maximum atomic E-state index is 11.0. The Morgan fingerprint density at radius 3 is 2.93 bits per heavy atom. The van der Waals surface area contributed by atoms with E-state index < -0.39 is 0 Å². The molecule has 4 nitrogen and oxygen atoms in total. The molecule has 0 saturated heterocycles. The van der Waals surface area contributed by atoms with E-state index in [1.54, 1.807) is 19.1 Å². The Morgan fingerprint density at radius 1 is 1.57 bits per heavy atom. The van der Waals surface area contributed by atoms with Crippen molar-refractivity contribution in [3.05, 3.63) is 23.8 Å². The van der Waals surface area contributed by atoms with Gasteiger partial charge in [0.2, 0.25) is 5.91 Å². The van der Waals surface area contributed by atoms with Gasteiger partial charge in [-0.25, -0.2) is 0 Å². The third-order valence-electron chi connectivity index (χ3n) is 1.90. The molecular formula is C10H14N2O2. The minimum atomic E-state index is -0.0492. The minimum absolute atomic E-state index is 0.0492. The summed E-state index contributed by atoms with van der Waals surface area (Å²) in [4.78, 5) is 11.0. The van der Waals surface area contributed by atoms with Crippen LogP contribution in [0.1, 0.15) is 18.9 Å². The van der Waals surface area contributed by atoms with Crippen molar-refractivity contribution in [2.24, 2.45) is 0 Å². The highest BCUT2D eigenvalue weighted by atomic mass is 16.3. The van der Waals surface area contributed by atoms with Crippen molar-refractivity contribution in [2.75, 3.05) is 5.73 Å². The Kier molecular flexibility index (Phi) is 3.34. The van der Waals surface area contributed by atoms with Gasteiger partial charge in [0.25, 0.3) is 0 Å². The molecule has 0 aliphatic rings. The van der Waals surface area contributed by atoms with E-state index in [0.717, 1.165) is 0 Å². The molecule has 0 spiro atoms. The highest BCUT2D eigenvalue weighted by molar-refractivity contribution is 5.75. The zero-order valence-electron chi connectivity index (χ0n) is 8.08. The third-order valence-corrected chi connectivity index (χ3v) is 1.90. The topological polar surface area (TPSA) is 75.4 Å². The van der Waals surface area contributed by atoms with Gasteiger partial charge in [0, 0.05) is 24.2 Å². The monoisotopic (exact) mass is 194 g/mol. The van der Waals surface area contributed by atoms with Crippen LogP contribution in [0.25, 0.3) is 0 Å². The summed E-state index contributed by atoms with van der Waals surface area (Å²) in [6, 6.07) is 4.77. The summed E-state index contributed by atoms with van der Waals surface area (Å²) in [5.74, 6) is 0.0995. The number of hydrogen-bond donors (Lipinski definition) is 3. The maximum absolute atomic E-state index is 11.0. The van der Waals surface area contributed by atoms with Crippen LogP contribution in [0, 0.1) is 0 Å². The second-order valence-electron chi connectivity index (χ2n) is 3.02. The molecule has 0 saturated carbocycles. The van der Waals surface area contributed by atoms with Crippen molar-refractivity contribution in [1.82, 2.24) is 5.32 Å². The van der Waals surface area contributed by atoms with Crippen LogP contribution in [0.15, 0.2) is 18.2 Å². The molecule has 4 heteroatoms. The second kappa shape index (κ2) is 4.50. The molecule has 0 aliphatic heterocycles. The maximum Gasteiger partial charge on any atom is 0.219 e. The fraction of sp³-hybridized carbons (Fsp3) is 0.300. The molecule has 1 aromatic rings. The van der Waals surface area contributed by atoms with Gasteiger partial charge >= 0.3 is 0 Å². The Morgan fingerprint density at radius 2 is 2.29 bits per heavy atom. The van der Waals surface area contributed by atoms with Crippen molar-refractivity contribution in [2.45, 2.75) is 19.9 Å². The van der Waals surface area contributed by atoms with E-state index in [9.17, 15) is 9.90 Å².